The second kappa shape index (κ2) is 2.81. The molecule has 0 aromatic rings. The molecule has 0 amide bonds. The van der Waals surface area contributed by atoms with E-state index in [4.69, 9.17) is 0 Å². The van der Waals surface area contributed by atoms with E-state index < -0.39 is 5.97 Å². The molecule has 0 saturated heterocycles. The fourth-order valence-electron chi connectivity index (χ4n) is 0.789. The van der Waals surface area contributed by atoms with Gasteiger partial charge in [0.1, 0.15) is 0 Å². The zero-order valence-electron chi connectivity index (χ0n) is 6.75. The van der Waals surface area contributed by atoms with Crippen molar-refractivity contribution in [1.29, 1.82) is 0 Å². The molecular formula is C8H8O4. The highest BCUT2D eigenvalue weighted by Crippen LogP contribution is 2.22. The number of aliphatic hydroxyl groups excluding tert-OH is 1. The Balaban J connectivity index is 3.02. The molecule has 0 aromatic carbocycles. The van der Waals surface area contributed by atoms with Gasteiger partial charge >= 0.3 is 5.97 Å². The van der Waals surface area contributed by atoms with Crippen molar-refractivity contribution in [3.63, 3.8) is 0 Å². The quantitative estimate of drug-likeness (QED) is 0.465. The molecule has 1 aliphatic rings. The van der Waals surface area contributed by atoms with Crippen molar-refractivity contribution in [3.05, 3.63) is 23.2 Å². The first kappa shape index (κ1) is 8.52. The van der Waals surface area contributed by atoms with Crippen molar-refractivity contribution < 1.29 is 19.4 Å². The van der Waals surface area contributed by atoms with E-state index in [2.05, 4.69) is 4.74 Å². The lowest BCUT2D eigenvalue weighted by molar-refractivity contribution is -0.133. The van der Waals surface area contributed by atoms with Gasteiger partial charge in [0, 0.05) is 6.08 Å². The maximum atomic E-state index is 10.8. The average molecular weight is 168 g/mol. The minimum atomic E-state index is -0.611. The minimum Gasteiger partial charge on any atom is -0.504 e. The number of esters is 1. The van der Waals surface area contributed by atoms with E-state index in [1.165, 1.54) is 13.8 Å². The van der Waals surface area contributed by atoms with Crippen molar-refractivity contribution >= 4 is 11.8 Å². The molecule has 0 saturated carbocycles. The Labute approximate surface area is 69.1 Å². The van der Waals surface area contributed by atoms with Crippen LogP contribution in [-0.2, 0) is 14.3 Å². The van der Waals surface area contributed by atoms with Crippen LogP contribution in [-0.4, -0.2) is 16.9 Å². The zero-order chi connectivity index (χ0) is 9.30. The third-order valence-corrected chi connectivity index (χ3v) is 1.43. The fourth-order valence-corrected chi connectivity index (χ4v) is 0.789. The Kier molecular flexibility index (Phi) is 1.99. The molecule has 0 atom stereocenters. The Morgan fingerprint density at radius 2 is 2.17 bits per heavy atom. The lowest BCUT2D eigenvalue weighted by Crippen LogP contribution is -1.96. The topological polar surface area (TPSA) is 63.6 Å². The Hall–Kier alpha value is -1.58. The highest BCUT2D eigenvalue weighted by molar-refractivity contribution is 5.96. The predicted octanol–water partition coefficient (Wildman–Crippen LogP) is 0.848. The molecule has 0 fully saturated rings. The van der Waals surface area contributed by atoms with E-state index in [1.807, 2.05) is 0 Å². The largest absolute Gasteiger partial charge is 0.504 e. The number of rotatable bonds is 1. The molecule has 0 aromatic heterocycles. The molecule has 0 radical (unpaired) electrons. The van der Waals surface area contributed by atoms with Gasteiger partial charge in [0.15, 0.2) is 17.3 Å². The smallest absolute Gasteiger partial charge is 0.343 e. The summed E-state index contributed by atoms with van der Waals surface area (Å²) < 4.78 is 4.57. The lowest BCUT2D eigenvalue weighted by Gasteiger charge is -1.94. The number of carbonyl (C=O) groups is 2. The maximum Gasteiger partial charge on any atom is 0.343 e. The molecule has 1 rings (SSSR count). The maximum absolute atomic E-state index is 10.8. The second-order valence-corrected chi connectivity index (χ2v) is 2.48. The zero-order valence-corrected chi connectivity index (χ0v) is 6.75. The van der Waals surface area contributed by atoms with Crippen LogP contribution in [0.4, 0.5) is 0 Å². The molecule has 0 bridgehead atoms. The molecule has 4 heteroatoms. The monoisotopic (exact) mass is 168 g/mol. The molecule has 1 heterocycles. The van der Waals surface area contributed by atoms with E-state index in [0.717, 1.165) is 6.08 Å². The number of carbonyl (C=O) groups excluding carboxylic acids is 2. The molecule has 0 aliphatic carbocycles. The fraction of sp³-hybridized carbons (Fsp3) is 0.250. The van der Waals surface area contributed by atoms with Crippen LogP contribution in [0.15, 0.2) is 23.2 Å². The van der Waals surface area contributed by atoms with E-state index in [-0.39, 0.29) is 22.9 Å². The van der Waals surface area contributed by atoms with Gasteiger partial charge in [0.05, 0.1) is 5.57 Å². The molecule has 0 unspecified atom stereocenters. The molecule has 1 aliphatic heterocycles. The SMILES string of the molecule is CC(=O)/C=C1\OC(=O)C(C)=C1O. The highest BCUT2D eigenvalue weighted by Gasteiger charge is 2.26. The van der Waals surface area contributed by atoms with Gasteiger partial charge in [-0.05, 0) is 13.8 Å². The number of ether oxygens (including phenoxy) is 1. The Bertz CT molecular complexity index is 309. The minimum absolute atomic E-state index is 0.0648. The Morgan fingerprint density at radius 3 is 2.50 bits per heavy atom. The molecular weight excluding hydrogens is 160 g/mol. The van der Waals surface area contributed by atoms with Crippen LogP contribution in [0.5, 0.6) is 0 Å². The summed E-state index contributed by atoms with van der Waals surface area (Å²) in [6.07, 6.45) is 1.07. The van der Waals surface area contributed by atoms with Gasteiger partial charge in [0.2, 0.25) is 0 Å². The number of hydrogen-bond acceptors (Lipinski definition) is 4. The lowest BCUT2D eigenvalue weighted by atomic mass is 10.2. The van der Waals surface area contributed by atoms with Crippen molar-refractivity contribution in [2.75, 3.05) is 0 Å². The molecule has 4 nitrogen and oxygen atoms in total. The van der Waals surface area contributed by atoms with Crippen LogP contribution in [0.25, 0.3) is 0 Å². The van der Waals surface area contributed by atoms with Crippen molar-refractivity contribution in [2.45, 2.75) is 13.8 Å². The van der Waals surface area contributed by atoms with Gasteiger partial charge in [-0.1, -0.05) is 0 Å². The number of ketones is 1. The third-order valence-electron chi connectivity index (χ3n) is 1.43. The van der Waals surface area contributed by atoms with Crippen molar-refractivity contribution in [2.24, 2.45) is 0 Å². The summed E-state index contributed by atoms with van der Waals surface area (Å²) >= 11 is 0. The van der Waals surface area contributed by atoms with E-state index in [1.54, 1.807) is 0 Å². The van der Waals surface area contributed by atoms with Gasteiger partial charge in [-0.2, -0.15) is 0 Å². The van der Waals surface area contributed by atoms with Gasteiger partial charge in [0.25, 0.3) is 0 Å². The molecule has 64 valence electrons. The summed E-state index contributed by atoms with van der Waals surface area (Å²) in [5, 5.41) is 9.19. The summed E-state index contributed by atoms with van der Waals surface area (Å²) in [4.78, 5) is 21.3. The van der Waals surface area contributed by atoms with E-state index in [0.29, 0.717) is 0 Å². The summed E-state index contributed by atoms with van der Waals surface area (Å²) in [6, 6.07) is 0. The van der Waals surface area contributed by atoms with Crippen LogP contribution >= 0.6 is 0 Å². The van der Waals surface area contributed by atoms with Crippen molar-refractivity contribution in [1.82, 2.24) is 0 Å². The van der Waals surface area contributed by atoms with Crippen LogP contribution in [0, 0.1) is 0 Å². The average Bonchev–Trinajstić information content (AvgIpc) is 2.17. The van der Waals surface area contributed by atoms with Gasteiger partial charge < -0.3 is 9.84 Å². The standard InChI is InChI=1S/C8H8O4/c1-4(9)3-6-7(10)5(2)8(11)12-6/h3,10H,1-2H3/b6-3-. The second-order valence-electron chi connectivity index (χ2n) is 2.48. The first-order valence-electron chi connectivity index (χ1n) is 3.37. The van der Waals surface area contributed by atoms with Crippen LogP contribution < -0.4 is 0 Å². The molecule has 1 N–H and O–H groups in total. The molecule has 12 heavy (non-hydrogen) atoms. The van der Waals surface area contributed by atoms with E-state index in [9.17, 15) is 14.7 Å². The Morgan fingerprint density at radius 1 is 1.58 bits per heavy atom. The van der Waals surface area contributed by atoms with Crippen molar-refractivity contribution in [3.8, 4) is 0 Å². The third kappa shape index (κ3) is 1.37. The summed E-state index contributed by atoms with van der Waals surface area (Å²) in [6.45, 7) is 2.74. The normalized spacial score (nSPS) is 20.2. The van der Waals surface area contributed by atoms with Crippen LogP contribution in [0.3, 0.4) is 0 Å². The predicted molar refractivity (Wildman–Crippen MR) is 40.2 cm³/mol. The van der Waals surface area contributed by atoms with Crippen LogP contribution in [0.2, 0.25) is 0 Å². The van der Waals surface area contributed by atoms with E-state index >= 15 is 0 Å². The van der Waals surface area contributed by atoms with Gasteiger partial charge in [-0.25, -0.2) is 4.79 Å². The highest BCUT2D eigenvalue weighted by atomic mass is 16.6. The molecule has 0 spiro atoms. The van der Waals surface area contributed by atoms with Gasteiger partial charge in [-0.15, -0.1) is 0 Å². The van der Waals surface area contributed by atoms with Crippen LogP contribution in [0.1, 0.15) is 13.8 Å². The number of allylic oxidation sites excluding steroid dienone is 1. The first-order chi connectivity index (χ1) is 5.52. The summed E-state index contributed by atoms with van der Waals surface area (Å²) in [5.74, 6) is -1.21. The number of hydrogen-bond donors (Lipinski definition) is 1. The summed E-state index contributed by atoms with van der Waals surface area (Å²) in [7, 11) is 0. The number of aliphatic hydroxyl groups is 1. The first-order valence-corrected chi connectivity index (χ1v) is 3.37. The van der Waals surface area contributed by atoms with Gasteiger partial charge in [-0.3, -0.25) is 4.79 Å². The number of cyclic esters (lactones) is 1. The summed E-state index contributed by atoms with van der Waals surface area (Å²) in [5.41, 5.74) is 0.127.